The zero-order chi connectivity index (χ0) is 22.9. The van der Waals surface area contributed by atoms with Crippen LogP contribution in [-0.4, -0.2) is 38.3 Å². The highest BCUT2D eigenvalue weighted by Gasteiger charge is 2.38. The van der Waals surface area contributed by atoms with Gasteiger partial charge in [0.25, 0.3) is 11.8 Å². The van der Waals surface area contributed by atoms with Crippen molar-refractivity contribution in [3.05, 3.63) is 59.8 Å². The van der Waals surface area contributed by atoms with E-state index < -0.39 is 23.8 Å². The van der Waals surface area contributed by atoms with Crippen LogP contribution in [0, 0.1) is 0 Å². The molecule has 0 bridgehead atoms. The smallest absolute Gasteiger partial charge is 0.450 e. The van der Waals surface area contributed by atoms with Crippen LogP contribution in [0.2, 0.25) is 0 Å². The number of primary amides is 1. The molecule has 4 rings (SSSR count). The summed E-state index contributed by atoms with van der Waals surface area (Å²) in [6.07, 6.45) is 0.0459. The number of nitrogens with zero attached hydrogens (tertiary/aromatic N) is 3. The number of hydrogen-bond acceptors (Lipinski definition) is 5. The van der Waals surface area contributed by atoms with Gasteiger partial charge >= 0.3 is 6.18 Å². The van der Waals surface area contributed by atoms with Gasteiger partial charge in [0.05, 0.1) is 5.52 Å². The van der Waals surface area contributed by atoms with E-state index >= 15 is 0 Å². The van der Waals surface area contributed by atoms with E-state index in [1.165, 1.54) is 30.6 Å². The molecule has 0 unspecified atom stereocenters. The maximum atomic E-state index is 13.3. The van der Waals surface area contributed by atoms with Crippen molar-refractivity contribution >= 4 is 17.3 Å². The van der Waals surface area contributed by atoms with Crippen LogP contribution >= 0.6 is 0 Å². The lowest BCUT2D eigenvalue weighted by atomic mass is 9.93. The van der Waals surface area contributed by atoms with Crippen LogP contribution in [0.1, 0.15) is 52.4 Å². The van der Waals surface area contributed by atoms with E-state index in [1.54, 1.807) is 12.1 Å². The molecule has 3 aromatic rings. The Bertz CT molecular complexity index is 1150. The van der Waals surface area contributed by atoms with Gasteiger partial charge in [-0.1, -0.05) is 6.07 Å². The maximum absolute atomic E-state index is 13.3. The van der Waals surface area contributed by atoms with E-state index in [9.17, 15) is 22.8 Å². The number of carbonyl (C=O) groups excluding carboxylic acids is 2. The van der Waals surface area contributed by atoms with Crippen LogP contribution in [-0.2, 0) is 6.18 Å². The standard InChI is InChI=1S/C21H20F3N5O3/c22-21(23,24)20-28-16(15-5-1-2-11-29(15)20)18(31)27-12-6-8-13(9-7-12)32-19-14(17(25)30)4-3-10-26-19/h1-5,10-13H,6-9H2,(H2,25,30)(H,27,31). The summed E-state index contributed by atoms with van der Waals surface area (Å²) in [4.78, 5) is 31.8. The fourth-order valence-corrected chi connectivity index (χ4v) is 3.81. The van der Waals surface area contributed by atoms with Crippen molar-refractivity contribution in [3.8, 4) is 5.88 Å². The van der Waals surface area contributed by atoms with E-state index in [1.807, 2.05) is 0 Å². The van der Waals surface area contributed by atoms with Crippen molar-refractivity contribution in [2.75, 3.05) is 0 Å². The van der Waals surface area contributed by atoms with Gasteiger partial charge in [-0.05, 0) is 49.9 Å². The van der Waals surface area contributed by atoms with Crippen molar-refractivity contribution in [1.82, 2.24) is 19.7 Å². The van der Waals surface area contributed by atoms with E-state index in [0.717, 1.165) is 4.40 Å². The van der Waals surface area contributed by atoms with Gasteiger partial charge in [0.1, 0.15) is 11.7 Å². The zero-order valence-electron chi connectivity index (χ0n) is 16.8. The highest BCUT2D eigenvalue weighted by atomic mass is 19.4. The second-order valence-electron chi connectivity index (χ2n) is 7.52. The number of hydrogen-bond donors (Lipinski definition) is 2. The third-order valence-electron chi connectivity index (χ3n) is 5.34. The number of halogens is 3. The Balaban J connectivity index is 1.41. The summed E-state index contributed by atoms with van der Waals surface area (Å²) in [5, 5.41) is 2.78. The summed E-state index contributed by atoms with van der Waals surface area (Å²) in [5.41, 5.74) is 5.34. The van der Waals surface area contributed by atoms with Gasteiger partial charge in [0.15, 0.2) is 5.69 Å². The van der Waals surface area contributed by atoms with Gasteiger partial charge in [0.2, 0.25) is 11.7 Å². The number of aromatic nitrogens is 3. The lowest BCUT2D eigenvalue weighted by molar-refractivity contribution is -0.145. The number of nitrogens with two attached hydrogens (primary N) is 1. The predicted molar refractivity (Wildman–Crippen MR) is 107 cm³/mol. The van der Waals surface area contributed by atoms with Crippen molar-refractivity contribution < 1.29 is 27.5 Å². The lowest BCUT2D eigenvalue weighted by Crippen LogP contribution is -2.40. The van der Waals surface area contributed by atoms with E-state index in [0.29, 0.717) is 25.7 Å². The summed E-state index contributed by atoms with van der Waals surface area (Å²) >= 11 is 0. The SMILES string of the molecule is NC(=O)c1cccnc1OC1CCC(NC(=O)c2nc(C(F)(F)F)n3ccccc23)CC1. The molecule has 3 heterocycles. The summed E-state index contributed by atoms with van der Waals surface area (Å²) in [6, 6.07) is 7.29. The molecule has 2 amide bonds. The van der Waals surface area contributed by atoms with E-state index in [-0.39, 0.29) is 34.8 Å². The minimum absolute atomic E-state index is 0.0866. The Hall–Kier alpha value is -3.63. The molecule has 168 valence electrons. The Morgan fingerprint density at radius 1 is 1.12 bits per heavy atom. The Kier molecular flexibility index (Phi) is 5.72. The minimum atomic E-state index is -4.69. The number of nitrogens with one attached hydrogen (secondary N) is 1. The minimum Gasteiger partial charge on any atom is -0.474 e. The fourth-order valence-electron chi connectivity index (χ4n) is 3.81. The Morgan fingerprint density at radius 3 is 2.56 bits per heavy atom. The molecule has 32 heavy (non-hydrogen) atoms. The number of imidazole rings is 1. The number of rotatable bonds is 5. The average molecular weight is 447 g/mol. The number of ether oxygens (including phenoxy) is 1. The molecule has 0 radical (unpaired) electrons. The van der Waals surface area contributed by atoms with E-state index in [4.69, 9.17) is 10.5 Å². The Morgan fingerprint density at radius 2 is 1.88 bits per heavy atom. The molecule has 1 aliphatic rings. The first-order valence-corrected chi connectivity index (χ1v) is 10.0. The van der Waals surface area contributed by atoms with Gasteiger partial charge < -0.3 is 15.8 Å². The molecule has 1 aliphatic carbocycles. The third-order valence-corrected chi connectivity index (χ3v) is 5.34. The fraction of sp³-hybridized carbons (Fsp3) is 0.333. The van der Waals surface area contributed by atoms with Crippen LogP contribution in [0.15, 0.2) is 42.7 Å². The number of amides is 2. The molecule has 1 saturated carbocycles. The third kappa shape index (κ3) is 4.36. The summed E-state index contributed by atoms with van der Waals surface area (Å²) in [7, 11) is 0. The van der Waals surface area contributed by atoms with Crippen LogP contribution in [0.25, 0.3) is 5.52 Å². The van der Waals surface area contributed by atoms with Crippen LogP contribution in [0.4, 0.5) is 13.2 Å². The molecule has 0 aromatic carbocycles. The molecule has 8 nitrogen and oxygen atoms in total. The van der Waals surface area contributed by atoms with Gasteiger partial charge in [-0.2, -0.15) is 13.2 Å². The summed E-state index contributed by atoms with van der Waals surface area (Å²) < 4.78 is 46.6. The molecule has 0 spiro atoms. The van der Waals surface area contributed by atoms with Gasteiger partial charge in [-0.15, -0.1) is 0 Å². The summed E-state index contributed by atoms with van der Waals surface area (Å²) in [5.74, 6) is -2.28. The molecular formula is C21H20F3N5O3. The first kappa shape index (κ1) is 21.6. The van der Waals surface area contributed by atoms with Crippen molar-refractivity contribution in [2.45, 2.75) is 44.0 Å². The zero-order valence-corrected chi connectivity index (χ0v) is 16.8. The van der Waals surface area contributed by atoms with Gasteiger partial charge in [-0.3, -0.25) is 14.0 Å². The second-order valence-corrected chi connectivity index (χ2v) is 7.52. The van der Waals surface area contributed by atoms with Crippen molar-refractivity contribution in [3.63, 3.8) is 0 Å². The molecule has 3 N–H and O–H groups in total. The summed E-state index contributed by atoms with van der Waals surface area (Å²) in [6.45, 7) is 0. The normalized spacial score (nSPS) is 19.0. The van der Waals surface area contributed by atoms with Crippen molar-refractivity contribution in [2.24, 2.45) is 5.73 Å². The average Bonchev–Trinajstić information content (AvgIpc) is 3.16. The Labute approximate surface area is 180 Å². The molecule has 3 aromatic heterocycles. The number of carbonyl (C=O) groups is 2. The second kappa shape index (κ2) is 8.48. The first-order chi connectivity index (χ1) is 15.2. The topological polar surface area (TPSA) is 112 Å². The molecule has 0 saturated heterocycles. The quantitative estimate of drug-likeness (QED) is 0.625. The van der Waals surface area contributed by atoms with Crippen LogP contribution in [0.3, 0.4) is 0 Å². The van der Waals surface area contributed by atoms with Gasteiger partial charge in [0, 0.05) is 18.4 Å². The lowest BCUT2D eigenvalue weighted by Gasteiger charge is -2.29. The van der Waals surface area contributed by atoms with Gasteiger partial charge in [-0.25, -0.2) is 9.97 Å². The number of alkyl halides is 3. The van der Waals surface area contributed by atoms with Crippen LogP contribution in [0.5, 0.6) is 5.88 Å². The highest BCUT2D eigenvalue weighted by molar-refractivity contribution is 5.99. The largest absolute Gasteiger partial charge is 0.474 e. The molecule has 0 aliphatic heterocycles. The maximum Gasteiger partial charge on any atom is 0.450 e. The predicted octanol–water partition coefficient (Wildman–Crippen LogP) is 2.97. The monoisotopic (exact) mass is 447 g/mol. The highest BCUT2D eigenvalue weighted by Crippen LogP contribution is 2.30. The van der Waals surface area contributed by atoms with Crippen molar-refractivity contribution in [1.29, 1.82) is 0 Å². The molecule has 0 atom stereocenters. The van der Waals surface area contributed by atoms with Crippen LogP contribution < -0.4 is 15.8 Å². The molecule has 1 fully saturated rings. The number of pyridine rings is 2. The number of fused-ring (bicyclic) bond motifs is 1. The van der Waals surface area contributed by atoms with E-state index in [2.05, 4.69) is 15.3 Å². The first-order valence-electron chi connectivity index (χ1n) is 10.0. The molecule has 11 heteroatoms. The molecular weight excluding hydrogens is 427 g/mol.